The number of alkyl halides is 5. The molecular formula is C30H45F5N4O5. The van der Waals surface area contributed by atoms with Gasteiger partial charge in [-0.3, -0.25) is 14.5 Å². The average molecular weight is 637 g/mol. The topological polar surface area (TPSA) is 111 Å². The molecule has 7 unspecified atom stereocenters. The number of hydrogen-bond donors (Lipinski definition) is 3. The van der Waals surface area contributed by atoms with Crippen molar-refractivity contribution in [1.82, 2.24) is 20.4 Å². The first-order valence-corrected chi connectivity index (χ1v) is 15.8. The van der Waals surface area contributed by atoms with E-state index >= 15 is 8.78 Å². The zero-order chi connectivity index (χ0) is 31.8. The minimum absolute atomic E-state index is 0.0349. The Bertz CT molecular complexity index is 988. The van der Waals surface area contributed by atoms with Crippen LogP contribution in [0.2, 0.25) is 0 Å². The highest BCUT2D eigenvalue weighted by atomic mass is 19.4. The second-order valence-electron chi connectivity index (χ2n) is 12.7. The molecule has 0 aromatic carbocycles. The fourth-order valence-corrected chi connectivity index (χ4v) is 7.71. The van der Waals surface area contributed by atoms with Crippen LogP contribution >= 0.6 is 0 Å². The molecule has 0 bridgehead atoms. The predicted molar refractivity (Wildman–Crippen MR) is 151 cm³/mol. The number of fused-ring (bicyclic) bond motifs is 1. The van der Waals surface area contributed by atoms with Crippen LogP contribution in [-0.2, 0) is 19.1 Å². The van der Waals surface area contributed by atoms with Gasteiger partial charge in [-0.25, -0.2) is 13.6 Å². The molecule has 3 heterocycles. The monoisotopic (exact) mass is 636 g/mol. The quantitative estimate of drug-likeness (QED) is 0.352. The van der Waals surface area contributed by atoms with Gasteiger partial charge in [0.25, 0.3) is 0 Å². The Hall–Kier alpha value is -2.32. The van der Waals surface area contributed by atoms with Crippen molar-refractivity contribution in [3.8, 4) is 0 Å². The summed E-state index contributed by atoms with van der Waals surface area (Å²) in [5.41, 5.74) is 0. The number of nitrogens with zero attached hydrogens (tertiary/aromatic N) is 2. The van der Waals surface area contributed by atoms with Crippen LogP contribution in [-0.4, -0.2) is 116 Å². The minimum Gasteiger partial charge on any atom is -0.480 e. The smallest absolute Gasteiger partial charge is 0.379 e. The molecule has 0 spiro atoms. The van der Waals surface area contributed by atoms with E-state index < -0.39 is 42.9 Å². The first kappa shape index (κ1) is 34.6. The van der Waals surface area contributed by atoms with Crippen molar-refractivity contribution < 1.29 is 46.2 Å². The van der Waals surface area contributed by atoms with E-state index in [9.17, 15) is 32.7 Å². The fraction of sp³-hybridized carbons (Fsp3) is 0.833. The predicted octanol–water partition coefficient (Wildman–Crippen LogP) is 3.09. The summed E-state index contributed by atoms with van der Waals surface area (Å²) in [5.74, 6) is -2.82. The summed E-state index contributed by atoms with van der Waals surface area (Å²) < 4.78 is 64.6. The number of carboxylic acids is 1. The van der Waals surface area contributed by atoms with Gasteiger partial charge in [0.2, 0.25) is 11.8 Å². The molecule has 9 nitrogen and oxygen atoms in total. The first-order valence-electron chi connectivity index (χ1n) is 15.8. The van der Waals surface area contributed by atoms with E-state index in [0.29, 0.717) is 38.8 Å². The van der Waals surface area contributed by atoms with Crippen molar-refractivity contribution in [1.29, 1.82) is 0 Å². The number of amides is 2. The van der Waals surface area contributed by atoms with Crippen molar-refractivity contribution in [2.75, 3.05) is 45.9 Å². The Labute approximate surface area is 254 Å². The number of aliphatic carboxylic acids is 1. The van der Waals surface area contributed by atoms with Gasteiger partial charge in [-0.1, -0.05) is 18.9 Å². The van der Waals surface area contributed by atoms with E-state index in [1.165, 1.54) is 0 Å². The molecule has 3 aliphatic heterocycles. The standard InChI is InChI=1S/C29H44F2N4O5.CHF3/c30-22-14-21(34-8-10-40-11-9-34)15-23(31)27(22)28(37)33-24(29(38)39)13-18-2-1-3-19(12-18)17-35-25-16-32-7-6-20(25)4-5-26(35)36;2-1(3)4/h4-5,18-25,27,32H,1-3,6-17H2,(H,33,37)(H,38,39);1H. The van der Waals surface area contributed by atoms with Crippen molar-refractivity contribution in [3.63, 3.8) is 0 Å². The summed E-state index contributed by atoms with van der Waals surface area (Å²) in [6.07, 6.45) is 5.22. The third-order valence-electron chi connectivity index (χ3n) is 9.84. The number of ether oxygens (including phenoxy) is 1. The van der Waals surface area contributed by atoms with Gasteiger partial charge in [-0.2, -0.15) is 13.2 Å². The van der Waals surface area contributed by atoms with Gasteiger partial charge in [0, 0.05) is 38.1 Å². The number of carbonyl (C=O) groups excluding carboxylic acids is 2. The van der Waals surface area contributed by atoms with Crippen LogP contribution in [0.3, 0.4) is 0 Å². The molecule has 5 rings (SSSR count). The molecule has 0 radical (unpaired) electrons. The summed E-state index contributed by atoms with van der Waals surface area (Å²) in [4.78, 5) is 41.9. The van der Waals surface area contributed by atoms with E-state index in [4.69, 9.17) is 4.74 Å². The fourth-order valence-electron chi connectivity index (χ4n) is 7.71. The highest BCUT2D eigenvalue weighted by molar-refractivity contribution is 5.89. The van der Waals surface area contributed by atoms with Gasteiger partial charge in [-0.15, -0.1) is 0 Å². The number of halogens is 5. The molecule has 44 heavy (non-hydrogen) atoms. The van der Waals surface area contributed by atoms with Crippen LogP contribution in [0.15, 0.2) is 12.2 Å². The van der Waals surface area contributed by atoms with Crippen LogP contribution in [0, 0.1) is 23.7 Å². The Morgan fingerprint density at radius 1 is 1.05 bits per heavy atom. The van der Waals surface area contributed by atoms with Crippen LogP contribution < -0.4 is 10.6 Å². The molecule has 2 amide bonds. The molecule has 4 fully saturated rings. The molecule has 2 saturated carbocycles. The van der Waals surface area contributed by atoms with E-state index in [1.54, 1.807) is 6.08 Å². The molecule has 7 atom stereocenters. The second-order valence-corrected chi connectivity index (χ2v) is 12.7. The van der Waals surface area contributed by atoms with Gasteiger partial charge in [-0.05, 0) is 63.0 Å². The molecule has 3 N–H and O–H groups in total. The summed E-state index contributed by atoms with van der Waals surface area (Å²) in [5, 5.41) is 15.8. The normalized spacial score (nSPS) is 35.3. The van der Waals surface area contributed by atoms with Crippen LogP contribution in [0.5, 0.6) is 0 Å². The molecule has 2 aliphatic carbocycles. The molecule has 250 valence electrons. The lowest BCUT2D eigenvalue weighted by molar-refractivity contribution is -0.145. The van der Waals surface area contributed by atoms with Gasteiger partial charge in [0.15, 0.2) is 0 Å². The van der Waals surface area contributed by atoms with Crippen molar-refractivity contribution in [3.05, 3.63) is 12.2 Å². The lowest BCUT2D eigenvalue weighted by atomic mass is 9.77. The highest BCUT2D eigenvalue weighted by Crippen LogP contribution is 2.36. The molecular weight excluding hydrogens is 591 g/mol. The van der Waals surface area contributed by atoms with E-state index in [1.807, 2.05) is 15.9 Å². The third kappa shape index (κ3) is 9.35. The number of nitrogens with one attached hydrogen (secondary N) is 2. The first-order chi connectivity index (χ1) is 21.0. The van der Waals surface area contributed by atoms with E-state index in [-0.39, 0.29) is 49.1 Å². The maximum Gasteiger partial charge on any atom is 0.379 e. The molecule has 14 heteroatoms. The lowest BCUT2D eigenvalue weighted by Gasteiger charge is -2.44. The highest BCUT2D eigenvalue weighted by Gasteiger charge is 2.45. The van der Waals surface area contributed by atoms with Crippen LogP contribution in [0.4, 0.5) is 22.0 Å². The molecule has 0 aromatic heterocycles. The van der Waals surface area contributed by atoms with E-state index in [0.717, 1.165) is 45.2 Å². The maximum atomic E-state index is 15.1. The van der Waals surface area contributed by atoms with Crippen LogP contribution in [0.25, 0.3) is 0 Å². The zero-order valence-corrected chi connectivity index (χ0v) is 24.9. The van der Waals surface area contributed by atoms with Gasteiger partial charge < -0.3 is 25.4 Å². The SMILES string of the molecule is FC(F)F.O=C(O)C(CC1CCCC(CN2C(=O)C=CC3CCNCC32)C1)NC(=O)C1C(F)CC(N2CCOCC2)CC1F. The summed E-state index contributed by atoms with van der Waals surface area (Å²) in [7, 11) is 0. The number of morpholine rings is 1. The van der Waals surface area contributed by atoms with E-state index in [2.05, 4.69) is 10.6 Å². The third-order valence-corrected chi connectivity index (χ3v) is 9.84. The number of rotatable bonds is 8. The average Bonchev–Trinajstić information content (AvgIpc) is 2.98. The molecule has 0 aromatic rings. The van der Waals surface area contributed by atoms with Crippen molar-refractivity contribution in [2.45, 2.75) is 88.5 Å². The zero-order valence-electron chi connectivity index (χ0n) is 24.9. The van der Waals surface area contributed by atoms with Crippen LogP contribution in [0.1, 0.15) is 51.4 Å². The van der Waals surface area contributed by atoms with Gasteiger partial charge in [0.05, 0.1) is 19.3 Å². The number of hydrogen-bond acceptors (Lipinski definition) is 6. The number of carbonyl (C=O) groups is 3. The minimum atomic E-state index is -3.67. The van der Waals surface area contributed by atoms with Crippen molar-refractivity contribution in [2.24, 2.45) is 23.7 Å². The Balaban J connectivity index is 0.00000104. The Morgan fingerprint density at radius 3 is 2.36 bits per heavy atom. The number of piperidine rings is 1. The van der Waals surface area contributed by atoms with Gasteiger partial charge >= 0.3 is 12.6 Å². The second kappa shape index (κ2) is 16.3. The summed E-state index contributed by atoms with van der Waals surface area (Å²) >= 11 is 0. The maximum absolute atomic E-state index is 15.1. The largest absolute Gasteiger partial charge is 0.480 e. The number of carboxylic acid groups (broad SMARTS) is 1. The molecule has 2 saturated heterocycles. The summed E-state index contributed by atoms with van der Waals surface area (Å²) in [6.45, 7) is 0.996. The Morgan fingerprint density at radius 2 is 1.70 bits per heavy atom. The Kier molecular flexibility index (Phi) is 12.8. The van der Waals surface area contributed by atoms with Gasteiger partial charge in [0.1, 0.15) is 24.3 Å². The summed E-state index contributed by atoms with van der Waals surface area (Å²) in [6, 6.07) is -1.33. The molecule has 5 aliphatic rings. The van der Waals surface area contributed by atoms with Crippen molar-refractivity contribution >= 4 is 17.8 Å². The lowest BCUT2D eigenvalue weighted by Crippen LogP contribution is -2.56.